The van der Waals surface area contributed by atoms with Crippen LogP contribution in [0.3, 0.4) is 0 Å². The van der Waals surface area contributed by atoms with Crippen LogP contribution in [0.4, 0.5) is 0 Å². The second kappa shape index (κ2) is 6.77. The topological polar surface area (TPSA) is 62.4 Å². The average Bonchev–Trinajstić information content (AvgIpc) is 3.02. The fourth-order valence-corrected chi connectivity index (χ4v) is 3.18. The zero-order chi connectivity index (χ0) is 17.3. The summed E-state index contributed by atoms with van der Waals surface area (Å²) in [5.74, 6) is -0.0370. The van der Waals surface area contributed by atoms with E-state index in [1.165, 1.54) is 12.5 Å². The molecule has 0 saturated carbocycles. The largest absolute Gasteiger partial charge is 0.376 e. The minimum absolute atomic E-state index is 0.0370. The van der Waals surface area contributed by atoms with Crippen molar-refractivity contribution in [2.24, 2.45) is 0 Å². The Bertz CT molecular complexity index is 819. The minimum Gasteiger partial charge on any atom is -0.376 e. The normalized spacial score (nSPS) is 17.4. The maximum Gasteiger partial charge on any atom is 0.253 e. The summed E-state index contributed by atoms with van der Waals surface area (Å²) in [4.78, 5) is 29.0. The quantitative estimate of drug-likeness (QED) is 0.938. The molecule has 1 saturated heterocycles. The number of benzene rings is 1. The molecular weight excluding hydrogens is 304 g/mol. The van der Waals surface area contributed by atoms with E-state index in [-0.39, 0.29) is 17.6 Å². The molecular formula is C19H24N2O3. The number of hydrogen-bond donors (Lipinski definition) is 1. The maximum absolute atomic E-state index is 12.4. The van der Waals surface area contributed by atoms with E-state index in [0.717, 1.165) is 35.9 Å². The zero-order valence-corrected chi connectivity index (χ0v) is 14.5. The third-order valence-electron chi connectivity index (χ3n) is 4.79. The van der Waals surface area contributed by atoms with E-state index in [1.54, 1.807) is 4.90 Å². The number of carbonyl (C=O) groups excluding carboxylic acids is 1. The highest BCUT2D eigenvalue weighted by Crippen LogP contribution is 2.19. The van der Waals surface area contributed by atoms with Crippen LogP contribution in [0.5, 0.6) is 0 Å². The molecule has 1 atom stereocenters. The number of aryl methyl sites for hydroxylation is 2. The van der Waals surface area contributed by atoms with Crippen LogP contribution in [0.15, 0.2) is 23.0 Å². The first kappa shape index (κ1) is 16.7. The van der Waals surface area contributed by atoms with Crippen LogP contribution in [0.25, 0.3) is 10.9 Å². The van der Waals surface area contributed by atoms with Crippen molar-refractivity contribution >= 4 is 16.8 Å². The van der Waals surface area contributed by atoms with Crippen LogP contribution in [0.1, 0.15) is 36.5 Å². The van der Waals surface area contributed by atoms with Crippen molar-refractivity contribution in [2.45, 2.75) is 46.3 Å². The van der Waals surface area contributed by atoms with Gasteiger partial charge < -0.3 is 14.6 Å². The lowest BCUT2D eigenvalue weighted by atomic mass is 10.0. The van der Waals surface area contributed by atoms with Crippen molar-refractivity contribution in [1.29, 1.82) is 0 Å². The second-order valence-corrected chi connectivity index (χ2v) is 6.68. The minimum atomic E-state index is -0.135. The van der Waals surface area contributed by atoms with Gasteiger partial charge in [-0.1, -0.05) is 0 Å². The molecule has 0 aliphatic carbocycles. The molecule has 0 bridgehead atoms. The lowest BCUT2D eigenvalue weighted by molar-refractivity contribution is -0.131. The molecule has 5 heteroatoms. The molecule has 3 rings (SSSR count). The Morgan fingerprint density at radius 2 is 2.04 bits per heavy atom. The van der Waals surface area contributed by atoms with Crippen LogP contribution in [0, 0.1) is 13.8 Å². The highest BCUT2D eigenvalue weighted by Gasteiger charge is 2.21. The summed E-state index contributed by atoms with van der Waals surface area (Å²) in [7, 11) is 0. The molecule has 1 N–H and O–H groups in total. The fourth-order valence-electron chi connectivity index (χ4n) is 3.18. The van der Waals surface area contributed by atoms with Gasteiger partial charge in [-0.25, -0.2) is 0 Å². The van der Waals surface area contributed by atoms with Crippen molar-refractivity contribution in [2.75, 3.05) is 13.2 Å². The van der Waals surface area contributed by atoms with E-state index in [9.17, 15) is 9.59 Å². The number of hydrogen-bond acceptors (Lipinski definition) is 3. The molecule has 1 aliphatic rings. The molecule has 1 fully saturated rings. The Hall–Kier alpha value is -2.14. The second-order valence-electron chi connectivity index (χ2n) is 6.68. The molecule has 1 aromatic heterocycles. The molecule has 24 heavy (non-hydrogen) atoms. The van der Waals surface area contributed by atoms with Gasteiger partial charge in [0.15, 0.2) is 0 Å². The number of nitrogens with zero attached hydrogens (tertiary/aromatic N) is 1. The van der Waals surface area contributed by atoms with Crippen molar-refractivity contribution in [3.05, 3.63) is 45.2 Å². The van der Waals surface area contributed by atoms with Gasteiger partial charge in [-0.15, -0.1) is 0 Å². The summed E-state index contributed by atoms with van der Waals surface area (Å²) in [5, 5.41) is 0.994. The van der Waals surface area contributed by atoms with E-state index in [2.05, 4.69) is 18.0 Å². The summed E-state index contributed by atoms with van der Waals surface area (Å²) >= 11 is 0. The van der Waals surface area contributed by atoms with Crippen LogP contribution in [0.2, 0.25) is 0 Å². The van der Waals surface area contributed by atoms with Gasteiger partial charge in [0.25, 0.3) is 5.56 Å². The number of carbonyl (C=O) groups is 1. The molecule has 0 spiro atoms. The molecule has 0 radical (unpaired) electrons. The first-order valence-corrected chi connectivity index (χ1v) is 8.44. The summed E-state index contributed by atoms with van der Waals surface area (Å²) in [5.41, 5.74) is 3.64. The van der Waals surface area contributed by atoms with Gasteiger partial charge in [-0.05, 0) is 61.4 Å². The number of amides is 1. The third kappa shape index (κ3) is 3.51. The van der Waals surface area contributed by atoms with Gasteiger partial charge >= 0.3 is 0 Å². The third-order valence-corrected chi connectivity index (χ3v) is 4.79. The monoisotopic (exact) mass is 328 g/mol. The lowest BCUT2D eigenvalue weighted by Crippen LogP contribution is -2.36. The lowest BCUT2D eigenvalue weighted by Gasteiger charge is -2.24. The smallest absolute Gasteiger partial charge is 0.253 e. The van der Waals surface area contributed by atoms with Gasteiger partial charge in [0.2, 0.25) is 5.91 Å². The molecule has 1 aliphatic heterocycles. The predicted molar refractivity (Wildman–Crippen MR) is 94.1 cm³/mol. The number of aromatic amines is 1. The highest BCUT2D eigenvalue weighted by atomic mass is 16.5. The molecule has 1 amide bonds. The van der Waals surface area contributed by atoms with Crippen molar-refractivity contribution in [3.8, 4) is 0 Å². The first-order valence-electron chi connectivity index (χ1n) is 8.44. The Labute approximate surface area is 141 Å². The predicted octanol–water partition coefficient (Wildman–Crippen LogP) is 2.67. The van der Waals surface area contributed by atoms with E-state index in [1.807, 2.05) is 19.1 Å². The SMILES string of the molecule is CC(=O)N(Cc1cc2cc(C)c(C)cc2[nH]c1=O)CC1CCCO1. The number of fused-ring (bicyclic) bond motifs is 1. The zero-order valence-electron chi connectivity index (χ0n) is 14.5. The Morgan fingerprint density at radius 1 is 1.29 bits per heavy atom. The summed E-state index contributed by atoms with van der Waals surface area (Å²) in [6, 6.07) is 5.96. The van der Waals surface area contributed by atoms with E-state index < -0.39 is 0 Å². The van der Waals surface area contributed by atoms with E-state index in [0.29, 0.717) is 18.7 Å². The maximum atomic E-state index is 12.4. The van der Waals surface area contributed by atoms with Crippen LogP contribution in [-0.2, 0) is 16.1 Å². The molecule has 2 heterocycles. The number of rotatable bonds is 4. The standard InChI is InChI=1S/C19H24N2O3/c1-12-7-15-9-16(19(23)20-18(15)8-13(12)2)10-21(14(3)22)11-17-5-4-6-24-17/h7-9,17H,4-6,10-11H2,1-3H3,(H,20,23). The molecule has 1 aromatic carbocycles. The molecule has 1 unspecified atom stereocenters. The van der Waals surface area contributed by atoms with E-state index >= 15 is 0 Å². The molecule has 2 aromatic rings. The fraction of sp³-hybridized carbons (Fsp3) is 0.474. The number of nitrogens with one attached hydrogen (secondary N) is 1. The Kier molecular flexibility index (Phi) is 4.71. The first-order chi connectivity index (χ1) is 11.4. The summed E-state index contributed by atoms with van der Waals surface area (Å²) in [6.07, 6.45) is 2.08. The summed E-state index contributed by atoms with van der Waals surface area (Å²) < 4.78 is 5.62. The van der Waals surface area contributed by atoms with Crippen LogP contribution >= 0.6 is 0 Å². The number of pyridine rings is 1. The molecule has 128 valence electrons. The van der Waals surface area contributed by atoms with Crippen LogP contribution < -0.4 is 5.56 Å². The number of ether oxygens (including phenoxy) is 1. The van der Waals surface area contributed by atoms with Crippen molar-refractivity contribution in [3.63, 3.8) is 0 Å². The van der Waals surface area contributed by atoms with Gasteiger partial charge in [-0.3, -0.25) is 9.59 Å². The number of H-pyrrole nitrogens is 1. The van der Waals surface area contributed by atoms with E-state index in [4.69, 9.17) is 4.74 Å². The Morgan fingerprint density at radius 3 is 2.71 bits per heavy atom. The van der Waals surface area contributed by atoms with Crippen molar-refractivity contribution in [1.82, 2.24) is 9.88 Å². The summed E-state index contributed by atoms with van der Waals surface area (Å²) in [6.45, 7) is 7.23. The Balaban J connectivity index is 1.89. The van der Waals surface area contributed by atoms with Gasteiger partial charge in [-0.2, -0.15) is 0 Å². The van der Waals surface area contributed by atoms with Crippen molar-refractivity contribution < 1.29 is 9.53 Å². The van der Waals surface area contributed by atoms with Gasteiger partial charge in [0.05, 0.1) is 12.6 Å². The van der Waals surface area contributed by atoms with Gasteiger partial charge in [0.1, 0.15) is 0 Å². The highest BCUT2D eigenvalue weighted by molar-refractivity contribution is 5.81. The molecule has 5 nitrogen and oxygen atoms in total. The van der Waals surface area contributed by atoms with Crippen LogP contribution in [-0.4, -0.2) is 35.0 Å². The number of aromatic nitrogens is 1. The average molecular weight is 328 g/mol. The van der Waals surface area contributed by atoms with Gasteiger partial charge in [0, 0.05) is 31.2 Å².